The smallest absolute Gasteiger partial charge is 0.325 e. The summed E-state index contributed by atoms with van der Waals surface area (Å²) in [7, 11) is 1.71. The van der Waals surface area contributed by atoms with E-state index in [2.05, 4.69) is 16.1 Å². The Kier molecular flexibility index (Phi) is 14.3. The van der Waals surface area contributed by atoms with Crippen molar-refractivity contribution in [2.24, 2.45) is 5.92 Å². The van der Waals surface area contributed by atoms with Crippen LogP contribution in [-0.2, 0) is 28.7 Å². The normalized spacial score (nSPS) is 18.2. The van der Waals surface area contributed by atoms with Crippen LogP contribution in [0.15, 0.2) is 0 Å². The summed E-state index contributed by atoms with van der Waals surface area (Å²) in [6.45, 7) is 11.1. The van der Waals surface area contributed by atoms with Crippen LogP contribution >= 0.6 is 34.8 Å². The van der Waals surface area contributed by atoms with E-state index in [-0.39, 0.29) is 11.5 Å². The van der Waals surface area contributed by atoms with E-state index in [1.165, 1.54) is 11.9 Å². The van der Waals surface area contributed by atoms with Gasteiger partial charge in [-0.05, 0) is 46.5 Å². The maximum atomic E-state index is 12.6. The fourth-order valence-corrected chi connectivity index (χ4v) is 2.78. The third-order valence-electron chi connectivity index (χ3n) is 4.65. The summed E-state index contributed by atoms with van der Waals surface area (Å²) in [5, 5.41) is 6.26. The quantitative estimate of drug-likeness (QED) is 0.241. The van der Waals surface area contributed by atoms with Crippen LogP contribution in [0.1, 0.15) is 54.4 Å². The molecule has 3 N–H and O–H groups in total. The highest BCUT2D eigenvalue weighted by Gasteiger charge is 2.33. The lowest BCUT2D eigenvalue weighted by atomic mass is 10.0. The van der Waals surface area contributed by atoms with Gasteiger partial charge in [0.1, 0.15) is 24.7 Å². The average Bonchev–Trinajstić information content (AvgIpc) is 2.74. The molecule has 0 saturated carbocycles. The van der Waals surface area contributed by atoms with Crippen molar-refractivity contribution in [3.63, 3.8) is 0 Å². The number of rotatable bonds is 8. The van der Waals surface area contributed by atoms with Gasteiger partial charge in [-0.15, -0.1) is 0 Å². The molecular weight excluding hydrogens is 511 g/mol. The minimum atomic E-state index is -1.72. The van der Waals surface area contributed by atoms with E-state index in [0.717, 1.165) is 0 Å². The van der Waals surface area contributed by atoms with Crippen molar-refractivity contribution >= 4 is 59.0 Å². The third-order valence-corrected chi connectivity index (χ3v) is 4.98. The second-order valence-corrected chi connectivity index (χ2v) is 11.6. The van der Waals surface area contributed by atoms with Crippen LogP contribution in [0.3, 0.4) is 0 Å². The van der Waals surface area contributed by atoms with Gasteiger partial charge < -0.3 is 20.1 Å². The molecule has 1 saturated heterocycles. The number of nitrogens with zero attached hydrogens (tertiary/aromatic N) is 1. The summed E-state index contributed by atoms with van der Waals surface area (Å²) in [6.07, 6.45) is 1.44. The molecule has 1 heterocycles. The number of amides is 3. The molecule has 1 aliphatic rings. The first-order valence-electron chi connectivity index (χ1n) is 10.9. The van der Waals surface area contributed by atoms with Gasteiger partial charge >= 0.3 is 5.97 Å². The molecule has 0 bridgehead atoms. The summed E-state index contributed by atoms with van der Waals surface area (Å²) < 4.78 is 8.15. The van der Waals surface area contributed by atoms with E-state index in [9.17, 15) is 19.2 Å². The number of hydrazine groups is 1. The van der Waals surface area contributed by atoms with Crippen LogP contribution < -0.4 is 16.1 Å². The highest BCUT2D eigenvalue weighted by atomic mass is 35.6. The minimum Gasteiger partial charge on any atom is -0.460 e. The fraction of sp³-hybridized carbons (Fsp3) is 0.810. The molecule has 0 spiro atoms. The molecular formula is C21H37Cl3N4O6. The molecule has 34 heavy (non-hydrogen) atoms. The van der Waals surface area contributed by atoms with Crippen molar-refractivity contribution in [2.45, 2.75) is 81.9 Å². The SMILES string of the molecule is CC(NC(=O)C(NC=O)C(C)C)C(=O)N1CCCC(C(=O)OCC(Cl)(Cl)Cl)N1.COC(C)(C)C. The zero-order valence-corrected chi connectivity index (χ0v) is 23.0. The number of nitrogens with one attached hydrogen (secondary N) is 3. The predicted molar refractivity (Wildman–Crippen MR) is 131 cm³/mol. The fourth-order valence-electron chi connectivity index (χ4n) is 2.61. The second kappa shape index (κ2) is 14.9. The molecule has 13 heteroatoms. The van der Waals surface area contributed by atoms with Crippen LogP contribution in [0.25, 0.3) is 0 Å². The molecule has 3 amide bonds. The highest BCUT2D eigenvalue weighted by Crippen LogP contribution is 2.26. The van der Waals surface area contributed by atoms with Crippen molar-refractivity contribution in [1.82, 2.24) is 21.1 Å². The first-order valence-corrected chi connectivity index (χ1v) is 12.0. The van der Waals surface area contributed by atoms with Gasteiger partial charge in [0, 0.05) is 13.7 Å². The molecule has 3 unspecified atom stereocenters. The zero-order chi connectivity index (χ0) is 26.7. The summed E-state index contributed by atoms with van der Waals surface area (Å²) in [4.78, 5) is 47.6. The molecule has 0 radical (unpaired) electrons. The minimum absolute atomic E-state index is 0.0417. The Morgan fingerprint density at radius 1 is 1.18 bits per heavy atom. The molecule has 1 aliphatic heterocycles. The maximum absolute atomic E-state index is 12.6. The Hall–Kier alpha value is -1.33. The Morgan fingerprint density at radius 3 is 2.18 bits per heavy atom. The average molecular weight is 548 g/mol. The third kappa shape index (κ3) is 13.5. The number of carbonyl (C=O) groups is 4. The zero-order valence-electron chi connectivity index (χ0n) is 20.7. The topological polar surface area (TPSA) is 126 Å². The first kappa shape index (κ1) is 32.7. The molecule has 1 fully saturated rings. The van der Waals surface area contributed by atoms with Crippen LogP contribution in [-0.4, -0.2) is 77.0 Å². The van der Waals surface area contributed by atoms with Crippen molar-refractivity contribution in [2.75, 3.05) is 20.3 Å². The van der Waals surface area contributed by atoms with Gasteiger partial charge in [-0.25, -0.2) is 5.43 Å². The molecule has 0 aromatic rings. The summed E-state index contributed by atoms with van der Waals surface area (Å²) in [5.41, 5.74) is 2.82. The summed E-state index contributed by atoms with van der Waals surface area (Å²) in [5.74, 6) is -1.70. The lowest BCUT2D eigenvalue weighted by Crippen LogP contribution is -2.60. The van der Waals surface area contributed by atoms with Crippen molar-refractivity contribution in [1.29, 1.82) is 0 Å². The van der Waals surface area contributed by atoms with E-state index in [1.807, 2.05) is 20.8 Å². The highest BCUT2D eigenvalue weighted by molar-refractivity contribution is 6.67. The maximum Gasteiger partial charge on any atom is 0.325 e. The van der Waals surface area contributed by atoms with Crippen molar-refractivity contribution in [3.05, 3.63) is 0 Å². The molecule has 0 aromatic carbocycles. The number of esters is 1. The molecule has 1 rings (SSSR count). The first-order chi connectivity index (χ1) is 15.5. The number of halogens is 3. The Labute approximate surface area is 216 Å². The van der Waals surface area contributed by atoms with Gasteiger partial charge in [-0.2, -0.15) is 0 Å². The number of methoxy groups -OCH3 is 1. The van der Waals surface area contributed by atoms with Crippen molar-refractivity contribution < 1.29 is 28.7 Å². The summed E-state index contributed by atoms with van der Waals surface area (Å²) in [6, 6.07) is -2.40. The van der Waals surface area contributed by atoms with E-state index >= 15 is 0 Å². The Morgan fingerprint density at radius 2 is 1.74 bits per heavy atom. The van der Waals surface area contributed by atoms with Gasteiger partial charge in [0.2, 0.25) is 16.1 Å². The summed E-state index contributed by atoms with van der Waals surface area (Å²) >= 11 is 16.7. The molecule has 0 aliphatic carbocycles. The van der Waals surface area contributed by atoms with E-state index in [4.69, 9.17) is 44.3 Å². The number of ether oxygens (including phenoxy) is 2. The number of carbonyl (C=O) groups excluding carboxylic acids is 4. The van der Waals surface area contributed by atoms with Crippen LogP contribution in [0.2, 0.25) is 0 Å². The molecule has 0 aromatic heterocycles. The lowest BCUT2D eigenvalue weighted by Gasteiger charge is -2.34. The molecule has 3 atom stereocenters. The van der Waals surface area contributed by atoms with E-state index < -0.39 is 46.3 Å². The van der Waals surface area contributed by atoms with Gasteiger partial charge in [0.25, 0.3) is 5.91 Å². The Bertz CT molecular complexity index is 682. The largest absolute Gasteiger partial charge is 0.460 e. The number of alkyl halides is 3. The van der Waals surface area contributed by atoms with Gasteiger partial charge in [-0.3, -0.25) is 24.2 Å². The Balaban J connectivity index is 0.00000160. The second-order valence-electron chi connectivity index (χ2n) is 9.09. The van der Waals surface area contributed by atoms with Gasteiger partial charge in [0.05, 0.1) is 5.60 Å². The van der Waals surface area contributed by atoms with Gasteiger partial charge in [0.15, 0.2) is 0 Å². The van der Waals surface area contributed by atoms with Crippen LogP contribution in [0, 0.1) is 5.92 Å². The predicted octanol–water partition coefficient (Wildman–Crippen LogP) is 2.10. The monoisotopic (exact) mass is 546 g/mol. The van der Waals surface area contributed by atoms with Crippen molar-refractivity contribution in [3.8, 4) is 0 Å². The number of hydrogen-bond donors (Lipinski definition) is 3. The van der Waals surface area contributed by atoms with E-state index in [1.54, 1.807) is 21.0 Å². The standard InChI is InChI=1S/C16H25Cl3N4O5.C5H12O/c1-9(2)12(20-8-24)13(25)21-10(3)14(26)23-6-4-5-11(22-23)15(27)28-7-16(17,18)19;1-5(2,3)6-4/h8-12,22H,4-7H2,1-3H3,(H,20,24)(H,21,25);1-4H3. The van der Waals surface area contributed by atoms with Crippen LogP contribution in [0.5, 0.6) is 0 Å². The van der Waals surface area contributed by atoms with Gasteiger partial charge in [-0.1, -0.05) is 48.7 Å². The lowest BCUT2D eigenvalue weighted by molar-refractivity contribution is -0.152. The number of hydrogen-bond acceptors (Lipinski definition) is 7. The molecule has 198 valence electrons. The van der Waals surface area contributed by atoms with E-state index in [0.29, 0.717) is 25.8 Å². The van der Waals surface area contributed by atoms with Crippen LogP contribution in [0.4, 0.5) is 0 Å². The molecule has 10 nitrogen and oxygen atoms in total.